The van der Waals surface area contributed by atoms with Crippen LogP contribution in [0.3, 0.4) is 0 Å². The fourth-order valence-corrected chi connectivity index (χ4v) is 3.32. The Balaban J connectivity index is 1.66. The molecule has 0 spiro atoms. The molecule has 2 aliphatic heterocycles. The second-order valence-corrected chi connectivity index (χ2v) is 5.60. The highest BCUT2D eigenvalue weighted by molar-refractivity contribution is 7.99. The third-order valence-electron chi connectivity index (χ3n) is 3.11. The van der Waals surface area contributed by atoms with Gasteiger partial charge in [-0.2, -0.15) is 11.8 Å². The molecule has 2 unspecified atom stereocenters. The summed E-state index contributed by atoms with van der Waals surface area (Å²) in [6, 6.07) is 0.432. The topological polar surface area (TPSA) is 53.5 Å². The van der Waals surface area contributed by atoms with Crippen LogP contribution in [-0.2, 0) is 4.79 Å². The highest BCUT2D eigenvalue weighted by Gasteiger charge is 2.36. The zero-order chi connectivity index (χ0) is 10.3. The zero-order valence-electron chi connectivity index (χ0n) is 8.53. The van der Waals surface area contributed by atoms with Crippen molar-refractivity contribution in [3.05, 3.63) is 0 Å². The van der Waals surface area contributed by atoms with Gasteiger partial charge in [0.1, 0.15) is 6.04 Å². The molecular weight excluding hydrogens is 210 g/mol. The number of nitrogens with one attached hydrogen (secondary N) is 2. The normalized spacial score (nSPS) is 35.2. The van der Waals surface area contributed by atoms with Crippen molar-refractivity contribution in [1.29, 1.82) is 0 Å². The van der Waals surface area contributed by atoms with E-state index in [1.165, 1.54) is 18.6 Å². The van der Waals surface area contributed by atoms with Crippen molar-refractivity contribution in [2.75, 3.05) is 11.5 Å². The first kappa shape index (κ1) is 9.51. The summed E-state index contributed by atoms with van der Waals surface area (Å²) in [6.45, 7) is 0. The number of aliphatic imine (C=N–C) groups is 1. The van der Waals surface area contributed by atoms with E-state index in [9.17, 15) is 4.79 Å². The molecule has 3 rings (SSSR count). The van der Waals surface area contributed by atoms with Gasteiger partial charge < -0.3 is 5.32 Å². The predicted octanol–water partition coefficient (Wildman–Crippen LogP) is 0.346. The number of amides is 1. The van der Waals surface area contributed by atoms with Crippen LogP contribution in [0.15, 0.2) is 4.99 Å². The molecule has 5 heteroatoms. The summed E-state index contributed by atoms with van der Waals surface area (Å²) >= 11 is 1.93. The van der Waals surface area contributed by atoms with Gasteiger partial charge in [-0.1, -0.05) is 0 Å². The summed E-state index contributed by atoms with van der Waals surface area (Å²) < 4.78 is 0. The van der Waals surface area contributed by atoms with E-state index in [4.69, 9.17) is 0 Å². The van der Waals surface area contributed by atoms with Gasteiger partial charge in [-0.15, -0.1) is 0 Å². The van der Waals surface area contributed by atoms with Crippen LogP contribution in [0.4, 0.5) is 0 Å². The molecule has 0 bridgehead atoms. The van der Waals surface area contributed by atoms with Crippen LogP contribution in [-0.4, -0.2) is 35.5 Å². The summed E-state index contributed by atoms with van der Waals surface area (Å²) in [5.41, 5.74) is 0. The third kappa shape index (κ3) is 1.97. The summed E-state index contributed by atoms with van der Waals surface area (Å²) in [5, 5.41) is 6.09. The quantitative estimate of drug-likeness (QED) is 0.713. The minimum absolute atomic E-state index is 0.0886. The largest absolute Gasteiger partial charge is 0.353 e. The smallest absolute Gasteiger partial charge is 0.251 e. The summed E-state index contributed by atoms with van der Waals surface area (Å²) in [5.74, 6) is 3.51. The molecule has 2 fully saturated rings. The molecule has 0 aromatic carbocycles. The average Bonchev–Trinajstić information content (AvgIpc) is 2.76. The van der Waals surface area contributed by atoms with Crippen LogP contribution in [0.1, 0.15) is 19.3 Å². The van der Waals surface area contributed by atoms with Crippen molar-refractivity contribution in [3.63, 3.8) is 0 Å². The second-order valence-electron chi connectivity index (χ2n) is 4.45. The van der Waals surface area contributed by atoms with Crippen LogP contribution >= 0.6 is 11.8 Å². The highest BCUT2D eigenvalue weighted by Crippen LogP contribution is 2.29. The molecule has 2 heterocycles. The van der Waals surface area contributed by atoms with Gasteiger partial charge in [-0.25, -0.2) is 4.99 Å². The molecule has 3 aliphatic rings. The van der Waals surface area contributed by atoms with Crippen molar-refractivity contribution >= 4 is 23.6 Å². The molecule has 0 aromatic heterocycles. The van der Waals surface area contributed by atoms with Gasteiger partial charge in [-0.05, 0) is 30.8 Å². The highest BCUT2D eigenvalue weighted by atomic mass is 32.2. The second kappa shape index (κ2) is 3.70. The van der Waals surface area contributed by atoms with Crippen molar-refractivity contribution < 1.29 is 4.79 Å². The van der Waals surface area contributed by atoms with E-state index in [-0.39, 0.29) is 11.9 Å². The summed E-state index contributed by atoms with van der Waals surface area (Å²) in [6.07, 6.45) is 3.54. The fourth-order valence-electron chi connectivity index (χ4n) is 2.04. The molecule has 15 heavy (non-hydrogen) atoms. The Hall–Kier alpha value is -0.710. The lowest BCUT2D eigenvalue weighted by Gasteiger charge is -2.10. The van der Waals surface area contributed by atoms with Crippen LogP contribution < -0.4 is 10.6 Å². The van der Waals surface area contributed by atoms with Gasteiger partial charge in [0.2, 0.25) is 0 Å². The first-order valence-electron chi connectivity index (χ1n) is 5.56. The SMILES string of the molecule is O=C1NC(NC2CC2)=NC1C1CCSC1. The molecule has 82 valence electrons. The first-order valence-corrected chi connectivity index (χ1v) is 6.71. The summed E-state index contributed by atoms with van der Waals surface area (Å²) in [7, 11) is 0. The maximum atomic E-state index is 11.7. The van der Waals surface area contributed by atoms with Gasteiger partial charge in [-0.3, -0.25) is 10.1 Å². The first-order chi connectivity index (χ1) is 7.33. The summed E-state index contributed by atoms with van der Waals surface area (Å²) in [4.78, 5) is 16.2. The number of hydrogen-bond acceptors (Lipinski definition) is 4. The van der Waals surface area contributed by atoms with E-state index < -0.39 is 0 Å². The molecular formula is C10H15N3OS. The minimum atomic E-state index is -0.124. The van der Waals surface area contributed by atoms with Crippen molar-refractivity contribution in [3.8, 4) is 0 Å². The number of carbonyl (C=O) groups excluding carboxylic acids is 1. The molecule has 2 N–H and O–H groups in total. The van der Waals surface area contributed by atoms with Crippen molar-refractivity contribution in [2.45, 2.75) is 31.3 Å². The molecule has 0 radical (unpaired) electrons. The van der Waals surface area contributed by atoms with E-state index in [1.807, 2.05) is 11.8 Å². The lowest BCUT2D eigenvalue weighted by Crippen LogP contribution is -2.39. The van der Waals surface area contributed by atoms with Crippen molar-refractivity contribution in [1.82, 2.24) is 10.6 Å². The molecule has 1 aliphatic carbocycles. The predicted molar refractivity (Wildman–Crippen MR) is 61.0 cm³/mol. The van der Waals surface area contributed by atoms with Gasteiger partial charge in [0.05, 0.1) is 0 Å². The Morgan fingerprint density at radius 1 is 1.40 bits per heavy atom. The number of carbonyl (C=O) groups is 1. The third-order valence-corrected chi connectivity index (χ3v) is 4.30. The van der Waals surface area contributed by atoms with Crippen molar-refractivity contribution in [2.24, 2.45) is 10.9 Å². The van der Waals surface area contributed by atoms with E-state index in [1.54, 1.807) is 0 Å². The fraction of sp³-hybridized carbons (Fsp3) is 0.800. The standard InChI is InChI=1S/C10H15N3OS/c14-9-8(6-3-4-15-5-6)12-10(13-9)11-7-1-2-7/h6-8H,1-5H2,(H2,11,12,13,14). The molecule has 2 atom stereocenters. The van der Waals surface area contributed by atoms with E-state index in [0.717, 1.165) is 12.2 Å². The monoisotopic (exact) mass is 225 g/mol. The lowest BCUT2D eigenvalue weighted by molar-refractivity contribution is -0.120. The average molecular weight is 225 g/mol. The Morgan fingerprint density at radius 3 is 2.93 bits per heavy atom. The Labute approximate surface area is 93.3 Å². The molecule has 1 amide bonds. The zero-order valence-corrected chi connectivity index (χ0v) is 9.35. The van der Waals surface area contributed by atoms with Crippen LogP contribution in [0.2, 0.25) is 0 Å². The Kier molecular flexibility index (Phi) is 2.35. The van der Waals surface area contributed by atoms with E-state index in [2.05, 4.69) is 15.6 Å². The van der Waals surface area contributed by atoms with Crippen LogP contribution in [0.25, 0.3) is 0 Å². The van der Waals surface area contributed by atoms with Gasteiger partial charge in [0.25, 0.3) is 5.91 Å². The Morgan fingerprint density at radius 2 is 2.27 bits per heavy atom. The number of guanidine groups is 1. The van der Waals surface area contributed by atoms with Crippen LogP contribution in [0.5, 0.6) is 0 Å². The Bertz CT molecular complexity index is 308. The maximum absolute atomic E-state index is 11.7. The number of rotatable bonds is 2. The number of nitrogens with zero attached hydrogens (tertiary/aromatic N) is 1. The van der Waals surface area contributed by atoms with Gasteiger partial charge >= 0.3 is 0 Å². The molecule has 1 saturated carbocycles. The number of thioether (sulfide) groups is 1. The minimum Gasteiger partial charge on any atom is -0.353 e. The molecule has 4 nitrogen and oxygen atoms in total. The maximum Gasteiger partial charge on any atom is 0.251 e. The van der Waals surface area contributed by atoms with Gasteiger partial charge in [0.15, 0.2) is 5.96 Å². The lowest BCUT2D eigenvalue weighted by atomic mass is 10.00. The number of hydrogen-bond donors (Lipinski definition) is 2. The van der Waals surface area contributed by atoms with E-state index >= 15 is 0 Å². The van der Waals surface area contributed by atoms with Gasteiger partial charge in [0, 0.05) is 12.0 Å². The molecule has 0 aromatic rings. The molecule has 1 saturated heterocycles. The van der Waals surface area contributed by atoms with E-state index in [0.29, 0.717) is 17.9 Å². The van der Waals surface area contributed by atoms with Crippen LogP contribution in [0, 0.1) is 5.92 Å².